The zero-order valence-corrected chi connectivity index (χ0v) is 12.3. The van der Waals surface area contributed by atoms with Crippen LogP contribution < -0.4 is 0 Å². The van der Waals surface area contributed by atoms with Crippen LogP contribution in [0, 0.1) is 5.92 Å². The summed E-state index contributed by atoms with van der Waals surface area (Å²) in [6, 6.07) is 0. The van der Waals surface area contributed by atoms with Crippen LogP contribution in [0.3, 0.4) is 0 Å². The summed E-state index contributed by atoms with van der Waals surface area (Å²) < 4.78 is 27.5. The van der Waals surface area contributed by atoms with E-state index in [0.717, 1.165) is 12.8 Å². The van der Waals surface area contributed by atoms with Crippen LogP contribution >= 0.6 is 0 Å². The smallest absolute Gasteiger partial charge is 0.147 e. The predicted molar refractivity (Wildman–Crippen MR) is 72.3 cm³/mol. The minimum Gasteiger partial charge on any atom is -0.390 e. The quantitative estimate of drug-likeness (QED) is 0.771. The number of rotatable bonds is 7. The molecule has 1 rings (SSSR count). The third-order valence-electron chi connectivity index (χ3n) is 3.78. The first-order chi connectivity index (χ1) is 8.44. The molecule has 1 aliphatic carbocycles. The highest BCUT2D eigenvalue weighted by atomic mass is 32.2. The molecule has 2 atom stereocenters. The Balaban J connectivity index is 2.38. The van der Waals surface area contributed by atoms with E-state index in [-0.39, 0.29) is 11.9 Å². The Morgan fingerprint density at radius 3 is 2.39 bits per heavy atom. The lowest BCUT2D eigenvalue weighted by Gasteiger charge is -2.32. The molecule has 0 aromatic heterocycles. The third-order valence-corrected chi connectivity index (χ3v) is 4.81. The number of hydrogen-bond acceptors (Lipinski definition) is 4. The zero-order valence-electron chi connectivity index (χ0n) is 11.5. The molecule has 0 bridgehead atoms. The van der Waals surface area contributed by atoms with Crippen LogP contribution in [0.15, 0.2) is 0 Å². The fourth-order valence-corrected chi connectivity index (χ4v) is 3.54. The summed E-state index contributed by atoms with van der Waals surface area (Å²) in [4.78, 5) is 0. The first kappa shape index (κ1) is 15.9. The van der Waals surface area contributed by atoms with Gasteiger partial charge in [-0.1, -0.05) is 19.3 Å². The number of methoxy groups -OCH3 is 1. The number of aliphatic hydroxyl groups excluding tert-OH is 1. The first-order valence-electron chi connectivity index (χ1n) is 6.82. The summed E-state index contributed by atoms with van der Waals surface area (Å²) in [6.45, 7) is 0. The molecule has 0 radical (unpaired) electrons. The Labute approximate surface area is 111 Å². The van der Waals surface area contributed by atoms with Gasteiger partial charge in [0.1, 0.15) is 9.84 Å². The lowest BCUT2D eigenvalue weighted by Crippen LogP contribution is -2.36. The minimum atomic E-state index is -2.93. The summed E-state index contributed by atoms with van der Waals surface area (Å²) in [5.74, 6) is 0.572. The predicted octanol–water partition coefficient (Wildman–Crippen LogP) is 1.77. The Hall–Kier alpha value is -0.130. The molecule has 1 aliphatic rings. The van der Waals surface area contributed by atoms with Crippen molar-refractivity contribution in [3.63, 3.8) is 0 Å². The van der Waals surface area contributed by atoms with Crippen LogP contribution in [0.25, 0.3) is 0 Å². The maximum Gasteiger partial charge on any atom is 0.147 e. The van der Waals surface area contributed by atoms with Crippen molar-refractivity contribution >= 4 is 9.84 Å². The average Bonchev–Trinajstić information content (AvgIpc) is 2.29. The topological polar surface area (TPSA) is 63.6 Å². The van der Waals surface area contributed by atoms with Gasteiger partial charge in [0.2, 0.25) is 0 Å². The SMILES string of the molecule is COC(C(O)CCCS(C)(=O)=O)C1CCCCC1. The van der Waals surface area contributed by atoms with Gasteiger partial charge in [-0.15, -0.1) is 0 Å². The lowest BCUT2D eigenvalue weighted by atomic mass is 9.82. The second-order valence-corrected chi connectivity index (χ2v) is 7.70. The van der Waals surface area contributed by atoms with Crippen molar-refractivity contribution in [2.45, 2.75) is 57.2 Å². The van der Waals surface area contributed by atoms with Gasteiger partial charge < -0.3 is 9.84 Å². The normalized spacial score (nSPS) is 21.7. The molecule has 108 valence electrons. The monoisotopic (exact) mass is 278 g/mol. The van der Waals surface area contributed by atoms with Crippen LogP contribution in [-0.2, 0) is 14.6 Å². The van der Waals surface area contributed by atoms with Gasteiger partial charge >= 0.3 is 0 Å². The van der Waals surface area contributed by atoms with Gasteiger partial charge in [0, 0.05) is 19.1 Å². The molecule has 0 spiro atoms. The van der Waals surface area contributed by atoms with Crippen molar-refractivity contribution in [2.75, 3.05) is 19.1 Å². The standard InChI is InChI=1S/C13H26O4S/c1-17-13(11-7-4-3-5-8-11)12(14)9-6-10-18(2,15)16/h11-14H,3-10H2,1-2H3. The van der Waals surface area contributed by atoms with Gasteiger partial charge in [-0.3, -0.25) is 0 Å². The Morgan fingerprint density at radius 1 is 1.28 bits per heavy atom. The summed E-state index contributed by atoms with van der Waals surface area (Å²) in [5.41, 5.74) is 0. The largest absolute Gasteiger partial charge is 0.390 e. The maximum atomic E-state index is 11.0. The average molecular weight is 278 g/mol. The molecule has 0 heterocycles. The van der Waals surface area contributed by atoms with Crippen LogP contribution in [0.1, 0.15) is 44.9 Å². The fraction of sp³-hybridized carbons (Fsp3) is 1.00. The Bertz CT molecular complexity index is 320. The van der Waals surface area contributed by atoms with Gasteiger partial charge in [-0.25, -0.2) is 8.42 Å². The van der Waals surface area contributed by atoms with E-state index in [1.54, 1.807) is 7.11 Å². The maximum absolute atomic E-state index is 11.0. The van der Waals surface area contributed by atoms with E-state index in [1.807, 2.05) is 0 Å². The van der Waals surface area contributed by atoms with Gasteiger partial charge in [-0.2, -0.15) is 0 Å². The van der Waals surface area contributed by atoms with E-state index in [2.05, 4.69) is 0 Å². The Kier molecular flexibility index (Phi) is 6.60. The van der Waals surface area contributed by atoms with Gasteiger partial charge in [-0.05, 0) is 31.6 Å². The van der Waals surface area contributed by atoms with E-state index < -0.39 is 15.9 Å². The molecule has 0 aliphatic heterocycles. The molecule has 5 heteroatoms. The number of sulfone groups is 1. The van der Waals surface area contributed by atoms with Crippen molar-refractivity contribution in [2.24, 2.45) is 5.92 Å². The summed E-state index contributed by atoms with van der Waals surface area (Å²) in [7, 11) is -1.29. The molecule has 0 amide bonds. The molecule has 1 fully saturated rings. The zero-order chi connectivity index (χ0) is 13.6. The molecular formula is C13H26O4S. The van der Waals surface area contributed by atoms with Gasteiger partial charge in [0.15, 0.2) is 0 Å². The number of hydrogen-bond donors (Lipinski definition) is 1. The Morgan fingerprint density at radius 2 is 1.89 bits per heavy atom. The van der Waals surface area contributed by atoms with Gasteiger partial charge in [0.25, 0.3) is 0 Å². The molecule has 4 nitrogen and oxygen atoms in total. The molecule has 0 saturated heterocycles. The van der Waals surface area contributed by atoms with Crippen molar-refractivity contribution in [1.82, 2.24) is 0 Å². The minimum absolute atomic E-state index is 0.134. The van der Waals surface area contributed by atoms with Crippen molar-refractivity contribution < 1.29 is 18.3 Å². The molecule has 0 aromatic carbocycles. The van der Waals surface area contributed by atoms with Crippen molar-refractivity contribution in [3.05, 3.63) is 0 Å². The van der Waals surface area contributed by atoms with E-state index in [4.69, 9.17) is 4.74 Å². The molecule has 1 N–H and O–H groups in total. The first-order valence-corrected chi connectivity index (χ1v) is 8.88. The molecule has 1 saturated carbocycles. The van der Waals surface area contributed by atoms with Crippen molar-refractivity contribution in [3.8, 4) is 0 Å². The highest BCUT2D eigenvalue weighted by molar-refractivity contribution is 7.90. The molecule has 2 unspecified atom stereocenters. The molecule has 18 heavy (non-hydrogen) atoms. The van der Waals surface area contributed by atoms with Crippen LogP contribution in [0.4, 0.5) is 0 Å². The summed E-state index contributed by atoms with van der Waals surface area (Å²) >= 11 is 0. The fourth-order valence-electron chi connectivity index (χ4n) is 2.85. The van der Waals surface area contributed by atoms with Crippen LogP contribution in [-0.4, -0.2) is 44.9 Å². The second-order valence-electron chi connectivity index (χ2n) is 5.44. The number of ether oxygens (including phenoxy) is 1. The van der Waals surface area contributed by atoms with E-state index >= 15 is 0 Å². The third kappa shape index (κ3) is 5.67. The van der Waals surface area contributed by atoms with Crippen molar-refractivity contribution in [1.29, 1.82) is 0 Å². The molecule has 0 aromatic rings. The molecular weight excluding hydrogens is 252 g/mol. The van der Waals surface area contributed by atoms with E-state index in [0.29, 0.717) is 18.8 Å². The summed E-state index contributed by atoms with van der Waals surface area (Å²) in [6.07, 6.45) is 7.48. The summed E-state index contributed by atoms with van der Waals surface area (Å²) in [5, 5.41) is 10.1. The van der Waals surface area contributed by atoms with Crippen LogP contribution in [0.2, 0.25) is 0 Å². The van der Waals surface area contributed by atoms with E-state index in [9.17, 15) is 13.5 Å². The van der Waals surface area contributed by atoms with Gasteiger partial charge in [0.05, 0.1) is 12.2 Å². The highest BCUT2D eigenvalue weighted by Crippen LogP contribution is 2.30. The lowest BCUT2D eigenvalue weighted by molar-refractivity contribution is -0.0570. The van der Waals surface area contributed by atoms with E-state index in [1.165, 1.54) is 25.5 Å². The number of aliphatic hydroxyl groups is 1. The second kappa shape index (κ2) is 7.46. The van der Waals surface area contributed by atoms with Crippen LogP contribution in [0.5, 0.6) is 0 Å². The highest BCUT2D eigenvalue weighted by Gasteiger charge is 2.29.